The van der Waals surface area contributed by atoms with E-state index in [4.69, 9.17) is 23.2 Å². The molecule has 0 N–H and O–H groups in total. The first-order valence-corrected chi connectivity index (χ1v) is 7.34. The Morgan fingerprint density at radius 2 is 1.78 bits per heavy atom. The van der Waals surface area contributed by atoms with E-state index in [2.05, 4.69) is 9.97 Å². The zero-order chi connectivity index (χ0) is 12.7. The van der Waals surface area contributed by atoms with Crippen LogP contribution in [0.25, 0.3) is 15.3 Å². The molecule has 0 aliphatic rings. The summed E-state index contributed by atoms with van der Waals surface area (Å²) >= 11 is 11.8. The number of aromatic nitrogens is 3. The van der Waals surface area contributed by atoms with Gasteiger partial charge in [0, 0.05) is 0 Å². The molecule has 0 atom stereocenters. The molecule has 18 heavy (non-hydrogen) atoms. The van der Waals surface area contributed by atoms with E-state index in [1.807, 2.05) is 18.2 Å². The minimum absolute atomic E-state index is 0.107. The number of hydrogen-bond donors (Lipinski definition) is 0. The van der Waals surface area contributed by atoms with Crippen molar-refractivity contribution >= 4 is 47.6 Å². The summed E-state index contributed by atoms with van der Waals surface area (Å²) in [4.78, 5) is 20.0. The third-order valence-electron chi connectivity index (χ3n) is 2.43. The van der Waals surface area contributed by atoms with Crippen LogP contribution in [0, 0.1) is 0 Å². The van der Waals surface area contributed by atoms with Crippen LogP contribution in [0.5, 0.6) is 0 Å². The van der Waals surface area contributed by atoms with Gasteiger partial charge in [0.1, 0.15) is 0 Å². The van der Waals surface area contributed by atoms with E-state index in [-0.39, 0.29) is 30.6 Å². The number of fused-ring (bicyclic) bond motifs is 1. The van der Waals surface area contributed by atoms with Gasteiger partial charge in [-0.25, -0.2) is 0 Å². The maximum atomic E-state index is 12.3. The van der Waals surface area contributed by atoms with E-state index in [0.717, 1.165) is 4.26 Å². The third kappa shape index (κ3) is 1.80. The summed E-state index contributed by atoms with van der Waals surface area (Å²) in [5.74, 6) is 0. The Bertz CT molecular complexity index is 776. The van der Waals surface area contributed by atoms with Crippen molar-refractivity contribution in [1.82, 2.24) is 13.5 Å². The van der Waals surface area contributed by atoms with Gasteiger partial charge in [0.05, 0.1) is 0 Å². The van der Waals surface area contributed by atoms with E-state index in [1.165, 1.54) is 6.33 Å². The van der Waals surface area contributed by atoms with E-state index >= 15 is 0 Å². The van der Waals surface area contributed by atoms with Gasteiger partial charge >= 0.3 is 118 Å². The molecular formula is C11H5Cl2N3OSe. The van der Waals surface area contributed by atoms with Crippen molar-refractivity contribution in [2.24, 2.45) is 0 Å². The Hall–Kier alpha value is -1.13. The zero-order valence-electron chi connectivity index (χ0n) is 8.80. The molecule has 0 saturated carbocycles. The molecule has 90 valence electrons. The van der Waals surface area contributed by atoms with Crippen molar-refractivity contribution < 1.29 is 0 Å². The average molecular weight is 345 g/mol. The quantitative estimate of drug-likeness (QED) is 0.502. The standard InChI is InChI=1S/C11H5Cl2N3OSe/c12-9-8(10(13)15-5-14-9)16-11(17)6-3-1-2-4-7(6)18-16/h1-5H. The number of hydrogen-bond acceptors (Lipinski definition) is 3. The van der Waals surface area contributed by atoms with E-state index < -0.39 is 0 Å². The molecule has 0 aliphatic heterocycles. The molecule has 1 aromatic carbocycles. The maximum absolute atomic E-state index is 12.3. The molecule has 3 rings (SSSR count). The third-order valence-corrected chi connectivity index (χ3v) is 5.25. The minimum atomic E-state index is -0.189. The summed E-state index contributed by atoms with van der Waals surface area (Å²) in [5, 5.41) is 1.07. The average Bonchev–Trinajstić information content (AvgIpc) is 2.68. The van der Waals surface area contributed by atoms with Gasteiger partial charge in [-0.3, -0.25) is 0 Å². The second-order valence-electron chi connectivity index (χ2n) is 3.49. The second kappa shape index (κ2) is 4.52. The summed E-state index contributed by atoms with van der Waals surface area (Å²) in [7, 11) is 0. The molecule has 0 saturated heterocycles. The number of nitrogens with zero attached hydrogens (tertiary/aromatic N) is 3. The molecule has 0 fully saturated rings. The summed E-state index contributed by atoms with van der Waals surface area (Å²) in [6.45, 7) is 0. The molecule has 0 spiro atoms. The number of halogens is 2. The molecule has 7 heteroatoms. The van der Waals surface area contributed by atoms with E-state index in [0.29, 0.717) is 11.1 Å². The zero-order valence-corrected chi connectivity index (χ0v) is 12.0. The normalized spacial score (nSPS) is 11.0. The Morgan fingerprint density at radius 1 is 1.11 bits per heavy atom. The van der Waals surface area contributed by atoms with Crippen LogP contribution in [-0.4, -0.2) is 28.3 Å². The van der Waals surface area contributed by atoms with Gasteiger partial charge in [0.2, 0.25) is 0 Å². The van der Waals surface area contributed by atoms with Gasteiger partial charge in [-0.2, -0.15) is 0 Å². The van der Waals surface area contributed by atoms with Crippen molar-refractivity contribution in [2.45, 2.75) is 0 Å². The van der Waals surface area contributed by atoms with Crippen molar-refractivity contribution in [3.63, 3.8) is 0 Å². The fourth-order valence-corrected chi connectivity index (χ4v) is 4.51. The topological polar surface area (TPSA) is 47.8 Å². The first kappa shape index (κ1) is 11.9. The van der Waals surface area contributed by atoms with Crippen LogP contribution >= 0.6 is 23.2 Å². The molecule has 0 aliphatic carbocycles. The second-order valence-corrected chi connectivity index (χ2v) is 6.28. The molecule has 2 heterocycles. The van der Waals surface area contributed by atoms with Crippen LogP contribution in [0.3, 0.4) is 0 Å². The number of rotatable bonds is 1. The first-order valence-electron chi connectivity index (χ1n) is 4.96. The van der Waals surface area contributed by atoms with Crippen LogP contribution in [0.4, 0.5) is 0 Å². The summed E-state index contributed by atoms with van der Waals surface area (Å²) in [6, 6.07) is 7.47. The molecular weight excluding hydrogens is 340 g/mol. The molecule has 0 radical (unpaired) electrons. The van der Waals surface area contributed by atoms with Crippen LogP contribution in [0.15, 0.2) is 35.4 Å². The van der Waals surface area contributed by atoms with Crippen LogP contribution in [-0.2, 0) is 0 Å². The van der Waals surface area contributed by atoms with Gasteiger partial charge < -0.3 is 0 Å². The molecule has 4 nitrogen and oxygen atoms in total. The molecule has 3 aromatic rings. The Labute approximate surface area is 118 Å². The van der Waals surface area contributed by atoms with Crippen LogP contribution in [0.2, 0.25) is 10.3 Å². The summed E-state index contributed by atoms with van der Waals surface area (Å²) < 4.78 is 2.56. The fraction of sp³-hybridized carbons (Fsp3) is 0. The molecule has 0 amide bonds. The number of benzene rings is 1. The van der Waals surface area contributed by atoms with Crippen molar-refractivity contribution in [1.29, 1.82) is 0 Å². The van der Waals surface area contributed by atoms with Gasteiger partial charge in [-0.15, -0.1) is 0 Å². The first-order chi connectivity index (χ1) is 8.68. The van der Waals surface area contributed by atoms with Crippen LogP contribution in [0.1, 0.15) is 0 Å². The molecule has 0 unspecified atom stereocenters. The van der Waals surface area contributed by atoms with Crippen molar-refractivity contribution in [3.05, 3.63) is 51.3 Å². The van der Waals surface area contributed by atoms with Crippen molar-refractivity contribution in [2.75, 3.05) is 0 Å². The summed E-state index contributed by atoms with van der Waals surface area (Å²) in [5.41, 5.74) is 0.284. The fourth-order valence-electron chi connectivity index (χ4n) is 1.62. The van der Waals surface area contributed by atoms with Gasteiger partial charge in [-0.1, -0.05) is 0 Å². The predicted octanol–water partition coefficient (Wildman–Crippen LogP) is 2.14. The van der Waals surface area contributed by atoms with Crippen LogP contribution < -0.4 is 5.56 Å². The molecule has 0 bridgehead atoms. The monoisotopic (exact) mass is 345 g/mol. The Morgan fingerprint density at radius 3 is 2.44 bits per heavy atom. The van der Waals surface area contributed by atoms with Gasteiger partial charge in [0.25, 0.3) is 0 Å². The van der Waals surface area contributed by atoms with E-state index in [1.54, 1.807) is 9.63 Å². The Kier molecular flexibility index (Phi) is 2.99. The Balaban J connectivity index is 2.39. The summed E-state index contributed by atoms with van der Waals surface area (Å²) in [6.07, 6.45) is 1.27. The van der Waals surface area contributed by atoms with Gasteiger partial charge in [-0.05, 0) is 0 Å². The van der Waals surface area contributed by atoms with E-state index in [9.17, 15) is 4.79 Å². The van der Waals surface area contributed by atoms with Crippen molar-refractivity contribution in [3.8, 4) is 5.69 Å². The SMILES string of the molecule is O=c1c2ccccc2[se]n1-c1c(Cl)ncnc1Cl. The van der Waals surface area contributed by atoms with Gasteiger partial charge in [0.15, 0.2) is 0 Å². The predicted molar refractivity (Wildman–Crippen MR) is 72.1 cm³/mol. The molecule has 2 aromatic heterocycles.